The van der Waals surface area contributed by atoms with Crippen molar-refractivity contribution in [1.82, 2.24) is 0 Å². The predicted octanol–water partition coefficient (Wildman–Crippen LogP) is 2.04. The molecule has 0 aliphatic carbocycles. The van der Waals surface area contributed by atoms with Gasteiger partial charge in [0.25, 0.3) is 0 Å². The Hall–Kier alpha value is -0.830. The zero-order chi connectivity index (χ0) is 7.40. The Kier molecular flexibility index (Phi) is 2.45. The van der Waals surface area contributed by atoms with Gasteiger partial charge in [-0.2, -0.15) is 0 Å². The first-order valence-corrected chi connectivity index (χ1v) is 3.83. The van der Waals surface area contributed by atoms with Crippen LogP contribution in [0.5, 0.6) is 0 Å². The van der Waals surface area contributed by atoms with E-state index < -0.39 is 0 Å². The SMILES string of the molecule is CO/N=C/c1ccsc1C. The summed E-state index contributed by atoms with van der Waals surface area (Å²) in [5.41, 5.74) is 1.13. The molecular formula is C7H9NOS. The summed E-state index contributed by atoms with van der Waals surface area (Å²) in [4.78, 5) is 5.81. The summed E-state index contributed by atoms with van der Waals surface area (Å²) in [6.45, 7) is 2.06. The highest BCUT2D eigenvalue weighted by molar-refractivity contribution is 7.10. The molecule has 0 atom stereocenters. The number of nitrogens with zero attached hydrogens (tertiary/aromatic N) is 1. The van der Waals surface area contributed by atoms with Gasteiger partial charge >= 0.3 is 0 Å². The molecule has 0 bridgehead atoms. The van der Waals surface area contributed by atoms with Gasteiger partial charge in [0.2, 0.25) is 0 Å². The highest BCUT2D eigenvalue weighted by atomic mass is 32.1. The molecule has 2 nitrogen and oxygen atoms in total. The summed E-state index contributed by atoms with van der Waals surface area (Å²) in [7, 11) is 1.54. The van der Waals surface area contributed by atoms with Crippen LogP contribution in [0.4, 0.5) is 0 Å². The van der Waals surface area contributed by atoms with Crippen LogP contribution in [0.1, 0.15) is 10.4 Å². The van der Waals surface area contributed by atoms with Gasteiger partial charge in [-0.1, -0.05) is 5.16 Å². The molecule has 54 valence electrons. The molecule has 0 spiro atoms. The molecule has 1 aromatic rings. The Balaban J connectivity index is 2.74. The first-order valence-electron chi connectivity index (χ1n) is 2.95. The first-order chi connectivity index (χ1) is 4.84. The number of rotatable bonds is 2. The molecule has 0 amide bonds. The molecule has 0 aromatic carbocycles. The molecule has 0 radical (unpaired) electrons. The lowest BCUT2D eigenvalue weighted by Gasteiger charge is -1.86. The Labute approximate surface area is 64.1 Å². The predicted molar refractivity (Wildman–Crippen MR) is 43.7 cm³/mol. The van der Waals surface area contributed by atoms with Crippen LogP contribution < -0.4 is 0 Å². The second-order valence-corrected chi connectivity index (χ2v) is 2.97. The third-order valence-corrected chi connectivity index (χ3v) is 2.06. The molecule has 1 rings (SSSR count). The van der Waals surface area contributed by atoms with Crippen LogP contribution in [-0.2, 0) is 4.84 Å². The lowest BCUT2D eigenvalue weighted by Crippen LogP contribution is -1.79. The highest BCUT2D eigenvalue weighted by Gasteiger charge is 1.93. The molecule has 0 aliphatic heterocycles. The van der Waals surface area contributed by atoms with Crippen molar-refractivity contribution in [2.24, 2.45) is 5.16 Å². The molecule has 1 heterocycles. The van der Waals surface area contributed by atoms with Crippen molar-refractivity contribution in [2.45, 2.75) is 6.92 Å². The summed E-state index contributed by atoms with van der Waals surface area (Å²) < 4.78 is 0. The van der Waals surface area contributed by atoms with E-state index in [0.717, 1.165) is 5.56 Å². The molecule has 0 fully saturated rings. The molecule has 0 unspecified atom stereocenters. The van der Waals surface area contributed by atoms with E-state index in [0.29, 0.717) is 0 Å². The minimum Gasteiger partial charge on any atom is -0.399 e. The maximum atomic E-state index is 4.54. The third-order valence-electron chi connectivity index (χ3n) is 1.20. The van der Waals surface area contributed by atoms with Crippen LogP contribution >= 0.6 is 11.3 Å². The molecule has 1 aromatic heterocycles. The normalized spacial score (nSPS) is 10.6. The number of oxime groups is 1. The van der Waals surface area contributed by atoms with Crippen molar-refractivity contribution in [2.75, 3.05) is 7.11 Å². The van der Waals surface area contributed by atoms with Crippen molar-refractivity contribution >= 4 is 17.6 Å². The summed E-state index contributed by atoms with van der Waals surface area (Å²) in [5, 5.41) is 5.69. The maximum absolute atomic E-state index is 4.54. The van der Waals surface area contributed by atoms with Gasteiger partial charge in [-0.25, -0.2) is 0 Å². The van der Waals surface area contributed by atoms with Gasteiger partial charge in [-0.15, -0.1) is 11.3 Å². The maximum Gasteiger partial charge on any atom is 0.106 e. The fourth-order valence-corrected chi connectivity index (χ4v) is 1.31. The van der Waals surface area contributed by atoms with Gasteiger partial charge in [0.05, 0.1) is 6.21 Å². The molecular weight excluding hydrogens is 146 g/mol. The Morgan fingerprint density at radius 3 is 3.00 bits per heavy atom. The van der Waals surface area contributed by atoms with Gasteiger partial charge in [-0.3, -0.25) is 0 Å². The molecule has 0 aliphatic rings. The van der Waals surface area contributed by atoms with Crippen LogP contribution in [0.2, 0.25) is 0 Å². The van der Waals surface area contributed by atoms with Gasteiger partial charge in [0.15, 0.2) is 0 Å². The van der Waals surface area contributed by atoms with Gasteiger partial charge in [0.1, 0.15) is 7.11 Å². The average molecular weight is 155 g/mol. The van der Waals surface area contributed by atoms with Gasteiger partial charge in [0, 0.05) is 10.4 Å². The lowest BCUT2D eigenvalue weighted by atomic mass is 10.3. The van der Waals surface area contributed by atoms with E-state index in [4.69, 9.17) is 0 Å². The van der Waals surface area contributed by atoms with E-state index in [1.165, 1.54) is 12.0 Å². The van der Waals surface area contributed by atoms with Gasteiger partial charge in [-0.05, 0) is 18.4 Å². The number of aryl methyl sites for hydroxylation is 1. The smallest absolute Gasteiger partial charge is 0.106 e. The topological polar surface area (TPSA) is 21.6 Å². The van der Waals surface area contributed by atoms with Crippen molar-refractivity contribution in [3.8, 4) is 0 Å². The monoisotopic (exact) mass is 155 g/mol. The minimum atomic E-state index is 1.13. The van der Waals surface area contributed by atoms with Crippen LogP contribution in [0.15, 0.2) is 16.6 Å². The fraction of sp³-hybridized carbons (Fsp3) is 0.286. The largest absolute Gasteiger partial charge is 0.399 e. The summed E-state index contributed by atoms with van der Waals surface area (Å²) in [6, 6.07) is 2.02. The standard InChI is InChI=1S/C7H9NOS/c1-6-7(3-4-10-6)5-8-9-2/h3-5H,1-2H3/b8-5+. The van der Waals surface area contributed by atoms with Crippen LogP contribution in [0.3, 0.4) is 0 Å². The summed E-state index contributed by atoms with van der Waals surface area (Å²) >= 11 is 1.71. The first kappa shape index (κ1) is 7.28. The number of thiophene rings is 1. The number of hydrogen-bond donors (Lipinski definition) is 0. The quantitative estimate of drug-likeness (QED) is 0.473. The van der Waals surface area contributed by atoms with Gasteiger partial charge < -0.3 is 4.84 Å². The molecule has 0 saturated carbocycles. The number of hydrogen-bond acceptors (Lipinski definition) is 3. The van der Waals surface area contributed by atoms with Crippen molar-refractivity contribution in [1.29, 1.82) is 0 Å². The summed E-state index contributed by atoms with van der Waals surface area (Å²) in [5.74, 6) is 0. The second kappa shape index (κ2) is 3.37. The second-order valence-electron chi connectivity index (χ2n) is 1.85. The highest BCUT2D eigenvalue weighted by Crippen LogP contribution is 2.12. The van der Waals surface area contributed by atoms with E-state index in [2.05, 4.69) is 16.9 Å². The molecule has 3 heteroatoms. The van der Waals surface area contributed by atoms with E-state index in [-0.39, 0.29) is 0 Å². The van der Waals surface area contributed by atoms with E-state index >= 15 is 0 Å². The van der Waals surface area contributed by atoms with Crippen LogP contribution in [-0.4, -0.2) is 13.3 Å². The average Bonchev–Trinajstić information content (AvgIpc) is 2.31. The zero-order valence-electron chi connectivity index (χ0n) is 6.00. The van der Waals surface area contributed by atoms with Crippen molar-refractivity contribution in [3.05, 3.63) is 21.9 Å². The molecule has 0 N–H and O–H groups in total. The fourth-order valence-electron chi connectivity index (χ4n) is 0.638. The van der Waals surface area contributed by atoms with Crippen LogP contribution in [0, 0.1) is 6.92 Å². The minimum absolute atomic E-state index is 1.13. The Bertz CT molecular complexity index is 229. The van der Waals surface area contributed by atoms with E-state index in [9.17, 15) is 0 Å². The summed E-state index contributed by atoms with van der Waals surface area (Å²) in [6.07, 6.45) is 1.71. The zero-order valence-corrected chi connectivity index (χ0v) is 6.81. The van der Waals surface area contributed by atoms with Crippen molar-refractivity contribution < 1.29 is 4.84 Å². The van der Waals surface area contributed by atoms with E-state index in [1.54, 1.807) is 17.6 Å². The van der Waals surface area contributed by atoms with Crippen molar-refractivity contribution in [3.63, 3.8) is 0 Å². The van der Waals surface area contributed by atoms with Crippen LogP contribution in [0.25, 0.3) is 0 Å². The van der Waals surface area contributed by atoms with E-state index in [1.807, 2.05) is 11.4 Å². The lowest BCUT2D eigenvalue weighted by molar-refractivity contribution is 0.215. The third kappa shape index (κ3) is 1.57. The molecule has 10 heavy (non-hydrogen) atoms. The Morgan fingerprint density at radius 2 is 2.50 bits per heavy atom. The molecule has 0 saturated heterocycles. The Morgan fingerprint density at radius 1 is 1.70 bits per heavy atom.